The minimum Gasteiger partial charge on any atom is -0.390 e. The van der Waals surface area contributed by atoms with Crippen LogP contribution >= 0.6 is 0 Å². The minimum absolute atomic E-state index is 0.293. The number of nitrogens with zero attached hydrogens (tertiary/aromatic N) is 2. The number of hydrogen-bond acceptors (Lipinski definition) is 5. The summed E-state index contributed by atoms with van der Waals surface area (Å²) >= 11 is 0. The number of halogens is 1. The Morgan fingerprint density at radius 3 is 2.61 bits per heavy atom. The van der Waals surface area contributed by atoms with Crippen LogP contribution in [-0.4, -0.2) is 47.5 Å². The van der Waals surface area contributed by atoms with Crippen molar-refractivity contribution in [3.63, 3.8) is 0 Å². The second-order valence-corrected chi connectivity index (χ2v) is 4.50. The summed E-state index contributed by atoms with van der Waals surface area (Å²) in [6.07, 6.45) is -0.641. The van der Waals surface area contributed by atoms with Crippen molar-refractivity contribution in [2.75, 3.05) is 31.1 Å². The van der Waals surface area contributed by atoms with Crippen LogP contribution in [0.25, 0.3) is 0 Å². The Morgan fingerprint density at radius 1 is 1.39 bits per heavy atom. The zero-order valence-electron chi connectivity index (χ0n) is 10.3. The molecular formula is C12H18FN3O2. The van der Waals surface area contributed by atoms with Gasteiger partial charge in [0.1, 0.15) is 6.10 Å². The largest absolute Gasteiger partial charge is 0.390 e. The fraction of sp³-hybridized carbons (Fsp3) is 0.583. The van der Waals surface area contributed by atoms with E-state index < -0.39 is 18.0 Å². The van der Waals surface area contributed by atoms with Gasteiger partial charge in [0.05, 0.1) is 6.10 Å². The highest BCUT2D eigenvalue weighted by molar-refractivity contribution is 5.42. The Hall–Kier alpha value is -1.24. The molecule has 2 atom stereocenters. The molecule has 0 spiro atoms. The Labute approximate surface area is 105 Å². The van der Waals surface area contributed by atoms with E-state index in [9.17, 15) is 14.6 Å². The summed E-state index contributed by atoms with van der Waals surface area (Å²) in [6.45, 7) is 4.48. The first-order valence-electron chi connectivity index (χ1n) is 6.07. The van der Waals surface area contributed by atoms with E-state index in [4.69, 9.17) is 0 Å². The lowest BCUT2D eigenvalue weighted by atomic mass is 10.1. The SMILES string of the molecule is C[C@H](O)[C@@H](O)c1cnc(N2CCNCC2)c(F)c1. The van der Waals surface area contributed by atoms with E-state index in [0.29, 0.717) is 24.5 Å². The van der Waals surface area contributed by atoms with Crippen molar-refractivity contribution < 1.29 is 14.6 Å². The molecule has 2 heterocycles. The van der Waals surface area contributed by atoms with Crippen molar-refractivity contribution in [2.24, 2.45) is 0 Å². The third-order valence-electron chi connectivity index (χ3n) is 3.06. The van der Waals surface area contributed by atoms with E-state index in [1.165, 1.54) is 19.2 Å². The second-order valence-electron chi connectivity index (χ2n) is 4.50. The summed E-state index contributed by atoms with van der Waals surface area (Å²) in [6, 6.07) is 1.24. The van der Waals surface area contributed by atoms with Crippen molar-refractivity contribution in [1.82, 2.24) is 10.3 Å². The van der Waals surface area contributed by atoms with Crippen molar-refractivity contribution in [1.29, 1.82) is 0 Å². The van der Waals surface area contributed by atoms with Gasteiger partial charge in [-0.1, -0.05) is 0 Å². The van der Waals surface area contributed by atoms with Gasteiger partial charge in [-0.15, -0.1) is 0 Å². The Morgan fingerprint density at radius 2 is 2.06 bits per heavy atom. The molecule has 18 heavy (non-hydrogen) atoms. The van der Waals surface area contributed by atoms with Crippen molar-refractivity contribution in [2.45, 2.75) is 19.1 Å². The molecule has 6 heteroatoms. The first-order chi connectivity index (χ1) is 8.59. The minimum atomic E-state index is -1.11. The van der Waals surface area contributed by atoms with Gasteiger partial charge in [-0.2, -0.15) is 0 Å². The molecule has 0 aromatic carbocycles. The van der Waals surface area contributed by atoms with Crippen molar-refractivity contribution in [3.05, 3.63) is 23.6 Å². The van der Waals surface area contributed by atoms with E-state index in [-0.39, 0.29) is 0 Å². The second kappa shape index (κ2) is 5.60. The number of piperazine rings is 1. The van der Waals surface area contributed by atoms with Gasteiger partial charge in [0, 0.05) is 37.9 Å². The highest BCUT2D eigenvalue weighted by Gasteiger charge is 2.19. The molecule has 0 amide bonds. The average molecular weight is 255 g/mol. The van der Waals surface area contributed by atoms with Crippen LogP contribution in [0.15, 0.2) is 12.3 Å². The van der Waals surface area contributed by atoms with Crippen LogP contribution in [0.5, 0.6) is 0 Å². The van der Waals surface area contributed by atoms with E-state index >= 15 is 0 Å². The van der Waals surface area contributed by atoms with Crippen LogP contribution in [0.1, 0.15) is 18.6 Å². The molecule has 0 unspecified atom stereocenters. The number of aliphatic hydroxyl groups is 2. The molecule has 1 saturated heterocycles. The van der Waals surface area contributed by atoms with Gasteiger partial charge in [-0.05, 0) is 13.0 Å². The van der Waals surface area contributed by atoms with Gasteiger partial charge in [0.15, 0.2) is 11.6 Å². The molecule has 100 valence electrons. The molecule has 1 aromatic rings. The average Bonchev–Trinajstić information content (AvgIpc) is 2.38. The van der Waals surface area contributed by atoms with Crippen LogP contribution < -0.4 is 10.2 Å². The summed E-state index contributed by atoms with van der Waals surface area (Å²) < 4.78 is 13.9. The number of anilines is 1. The first kappa shape index (κ1) is 13.2. The molecule has 5 nitrogen and oxygen atoms in total. The normalized spacial score (nSPS) is 19.7. The number of nitrogens with one attached hydrogen (secondary N) is 1. The third kappa shape index (κ3) is 2.77. The molecule has 1 fully saturated rings. The van der Waals surface area contributed by atoms with Gasteiger partial charge in [-0.3, -0.25) is 0 Å². The molecule has 1 aromatic heterocycles. The fourth-order valence-corrected chi connectivity index (χ4v) is 2.00. The number of hydrogen-bond donors (Lipinski definition) is 3. The molecule has 1 aliphatic rings. The lowest BCUT2D eigenvalue weighted by Crippen LogP contribution is -2.44. The van der Waals surface area contributed by atoms with E-state index in [1.807, 2.05) is 4.90 Å². The van der Waals surface area contributed by atoms with Gasteiger partial charge < -0.3 is 20.4 Å². The highest BCUT2D eigenvalue weighted by atomic mass is 19.1. The Balaban J connectivity index is 2.19. The lowest BCUT2D eigenvalue weighted by Gasteiger charge is -2.28. The molecule has 0 aliphatic carbocycles. The molecule has 0 saturated carbocycles. The van der Waals surface area contributed by atoms with Gasteiger partial charge in [0.25, 0.3) is 0 Å². The maximum atomic E-state index is 13.9. The maximum Gasteiger partial charge on any atom is 0.166 e. The maximum absolute atomic E-state index is 13.9. The summed E-state index contributed by atoms with van der Waals surface area (Å²) in [4.78, 5) is 5.92. The first-order valence-corrected chi connectivity index (χ1v) is 6.07. The van der Waals surface area contributed by atoms with E-state index in [2.05, 4.69) is 10.3 Å². The van der Waals surface area contributed by atoms with Crippen LogP contribution in [0.3, 0.4) is 0 Å². The molecule has 0 radical (unpaired) electrons. The number of aliphatic hydroxyl groups excluding tert-OH is 2. The third-order valence-corrected chi connectivity index (χ3v) is 3.06. The molecular weight excluding hydrogens is 237 g/mol. The van der Waals surface area contributed by atoms with Crippen LogP contribution in [0.2, 0.25) is 0 Å². The number of rotatable bonds is 3. The summed E-state index contributed by atoms with van der Waals surface area (Å²) in [5, 5.41) is 22.1. The number of pyridine rings is 1. The van der Waals surface area contributed by atoms with E-state index in [0.717, 1.165) is 13.1 Å². The smallest absolute Gasteiger partial charge is 0.166 e. The molecule has 1 aliphatic heterocycles. The monoisotopic (exact) mass is 255 g/mol. The highest BCUT2D eigenvalue weighted by Crippen LogP contribution is 2.22. The predicted octanol–water partition coefficient (Wildman–Crippen LogP) is 0.0445. The molecule has 2 rings (SSSR count). The molecule has 3 N–H and O–H groups in total. The molecule has 0 bridgehead atoms. The fourth-order valence-electron chi connectivity index (χ4n) is 2.00. The van der Waals surface area contributed by atoms with Crippen molar-refractivity contribution >= 4 is 5.82 Å². The zero-order chi connectivity index (χ0) is 13.1. The van der Waals surface area contributed by atoms with Crippen LogP contribution in [-0.2, 0) is 0 Å². The van der Waals surface area contributed by atoms with Gasteiger partial charge in [-0.25, -0.2) is 9.37 Å². The standard InChI is InChI=1S/C12H18FN3O2/c1-8(17)11(18)9-6-10(13)12(15-7-9)16-4-2-14-3-5-16/h6-8,11,14,17-18H,2-5H2,1H3/t8-,11+/m0/s1. The van der Waals surface area contributed by atoms with Crippen LogP contribution in [0.4, 0.5) is 10.2 Å². The lowest BCUT2D eigenvalue weighted by molar-refractivity contribution is 0.0301. The number of aromatic nitrogens is 1. The van der Waals surface area contributed by atoms with Crippen LogP contribution in [0, 0.1) is 5.82 Å². The quantitative estimate of drug-likeness (QED) is 0.712. The Kier molecular flexibility index (Phi) is 4.11. The summed E-state index contributed by atoms with van der Waals surface area (Å²) in [7, 11) is 0. The predicted molar refractivity (Wildman–Crippen MR) is 65.9 cm³/mol. The van der Waals surface area contributed by atoms with E-state index in [1.54, 1.807) is 0 Å². The topological polar surface area (TPSA) is 68.6 Å². The Bertz CT molecular complexity index is 408. The van der Waals surface area contributed by atoms with Crippen molar-refractivity contribution in [3.8, 4) is 0 Å². The summed E-state index contributed by atoms with van der Waals surface area (Å²) in [5.41, 5.74) is 0.293. The summed E-state index contributed by atoms with van der Waals surface area (Å²) in [5.74, 6) is -0.160. The van der Waals surface area contributed by atoms with Gasteiger partial charge >= 0.3 is 0 Å². The zero-order valence-corrected chi connectivity index (χ0v) is 10.3. The van der Waals surface area contributed by atoms with Gasteiger partial charge in [0.2, 0.25) is 0 Å².